The van der Waals surface area contributed by atoms with E-state index in [1.807, 2.05) is 19.1 Å². The van der Waals surface area contributed by atoms with Gasteiger partial charge in [-0.2, -0.15) is 4.31 Å². The van der Waals surface area contributed by atoms with Crippen molar-refractivity contribution in [3.63, 3.8) is 0 Å². The van der Waals surface area contributed by atoms with Gasteiger partial charge in [-0.15, -0.1) is 0 Å². The molecule has 6 nitrogen and oxygen atoms in total. The maximum absolute atomic E-state index is 12.5. The second-order valence-electron chi connectivity index (χ2n) is 6.40. The van der Waals surface area contributed by atoms with Gasteiger partial charge in [0.05, 0.1) is 11.4 Å². The zero-order valence-electron chi connectivity index (χ0n) is 15.5. The second kappa shape index (κ2) is 9.20. The van der Waals surface area contributed by atoms with E-state index in [0.29, 0.717) is 30.6 Å². The number of sulfonamides is 1. The van der Waals surface area contributed by atoms with Crippen molar-refractivity contribution in [3.8, 4) is 0 Å². The molecule has 25 heavy (non-hydrogen) atoms. The largest absolute Gasteiger partial charge is 0.357 e. The molecular weight excluding hydrogens is 336 g/mol. The van der Waals surface area contributed by atoms with Gasteiger partial charge in [0, 0.05) is 25.7 Å². The Bertz CT molecular complexity index is 665. The Labute approximate surface area is 151 Å². The van der Waals surface area contributed by atoms with Crippen LogP contribution in [0.2, 0.25) is 0 Å². The number of benzene rings is 1. The summed E-state index contributed by atoms with van der Waals surface area (Å²) in [6, 6.07) is 7.42. The fourth-order valence-corrected chi connectivity index (χ4v) is 4.19. The Kier molecular flexibility index (Phi) is 7.25. The van der Waals surface area contributed by atoms with Gasteiger partial charge in [-0.1, -0.05) is 19.1 Å². The Balaban J connectivity index is 2.04. The molecule has 1 aromatic rings. The van der Waals surface area contributed by atoms with E-state index >= 15 is 0 Å². The van der Waals surface area contributed by atoms with Crippen molar-refractivity contribution >= 4 is 16.0 Å². The molecule has 1 aliphatic rings. The monoisotopic (exact) mass is 366 g/mol. The van der Waals surface area contributed by atoms with E-state index < -0.39 is 10.0 Å². The summed E-state index contributed by atoms with van der Waals surface area (Å²) < 4.78 is 26.6. The van der Waals surface area contributed by atoms with Gasteiger partial charge in [-0.3, -0.25) is 0 Å². The number of hydrogen-bond donors (Lipinski definition) is 2. The van der Waals surface area contributed by atoms with Crippen LogP contribution in [0.4, 0.5) is 0 Å². The molecular formula is C18H30N4O2S. The van der Waals surface area contributed by atoms with Crippen LogP contribution in [0.5, 0.6) is 0 Å². The normalized spacial score (nSPS) is 17.5. The fourth-order valence-electron chi connectivity index (χ4n) is 2.67. The van der Waals surface area contributed by atoms with Gasteiger partial charge in [-0.05, 0) is 50.8 Å². The Morgan fingerprint density at radius 3 is 2.40 bits per heavy atom. The second-order valence-corrected chi connectivity index (χ2v) is 8.34. The van der Waals surface area contributed by atoms with Crippen LogP contribution in [0, 0.1) is 0 Å². The summed E-state index contributed by atoms with van der Waals surface area (Å²) in [5.41, 5.74) is 0.988. The highest BCUT2D eigenvalue weighted by Crippen LogP contribution is 2.21. The van der Waals surface area contributed by atoms with Crippen LogP contribution in [0.1, 0.15) is 45.6 Å². The molecule has 2 N–H and O–H groups in total. The first-order valence-corrected chi connectivity index (χ1v) is 10.5. The standard InChI is InChI=1S/C18H30N4O2S/c1-4-15(3)21-18(19-5-2)20-14-16-8-10-17(11-9-16)25(23,24)22-12-6-7-13-22/h8-11,15H,4-7,12-14H2,1-3H3,(H2,19,20,21). The average Bonchev–Trinajstić information content (AvgIpc) is 3.15. The molecule has 1 unspecified atom stereocenters. The van der Waals surface area contributed by atoms with E-state index in [4.69, 9.17) is 0 Å². The van der Waals surface area contributed by atoms with Crippen LogP contribution in [-0.4, -0.2) is 44.4 Å². The first-order chi connectivity index (χ1) is 12.0. The molecule has 1 aromatic carbocycles. The average molecular weight is 367 g/mol. The fraction of sp³-hybridized carbons (Fsp3) is 0.611. The quantitative estimate of drug-likeness (QED) is 0.574. The van der Waals surface area contributed by atoms with Gasteiger partial charge in [0.2, 0.25) is 10.0 Å². The van der Waals surface area contributed by atoms with E-state index in [1.54, 1.807) is 16.4 Å². The van der Waals surface area contributed by atoms with E-state index in [2.05, 4.69) is 29.5 Å². The van der Waals surface area contributed by atoms with Crippen LogP contribution < -0.4 is 10.6 Å². The predicted octanol–water partition coefficient (Wildman–Crippen LogP) is 2.32. The molecule has 0 radical (unpaired) electrons. The third-order valence-electron chi connectivity index (χ3n) is 4.39. The highest BCUT2D eigenvalue weighted by atomic mass is 32.2. The molecule has 7 heteroatoms. The van der Waals surface area contributed by atoms with Gasteiger partial charge < -0.3 is 10.6 Å². The Morgan fingerprint density at radius 2 is 1.84 bits per heavy atom. The molecule has 1 aliphatic heterocycles. The van der Waals surface area contributed by atoms with Crippen LogP contribution in [0.25, 0.3) is 0 Å². The number of nitrogens with one attached hydrogen (secondary N) is 2. The van der Waals surface area contributed by atoms with Crippen molar-refractivity contribution in [1.82, 2.24) is 14.9 Å². The van der Waals surface area contributed by atoms with Crippen molar-refractivity contribution in [2.45, 2.75) is 57.5 Å². The maximum Gasteiger partial charge on any atom is 0.243 e. The molecule has 2 rings (SSSR count). The molecule has 140 valence electrons. The smallest absolute Gasteiger partial charge is 0.243 e. The lowest BCUT2D eigenvalue weighted by atomic mass is 10.2. The Hall–Kier alpha value is -1.60. The van der Waals surface area contributed by atoms with Crippen molar-refractivity contribution in [2.75, 3.05) is 19.6 Å². The third-order valence-corrected chi connectivity index (χ3v) is 6.30. The molecule has 1 heterocycles. The highest BCUT2D eigenvalue weighted by Gasteiger charge is 2.26. The molecule has 0 aliphatic carbocycles. The number of guanidine groups is 1. The van der Waals surface area contributed by atoms with E-state index in [0.717, 1.165) is 37.3 Å². The summed E-state index contributed by atoms with van der Waals surface area (Å²) in [5, 5.41) is 6.57. The van der Waals surface area contributed by atoms with Gasteiger partial charge in [0.15, 0.2) is 5.96 Å². The number of hydrogen-bond acceptors (Lipinski definition) is 3. The molecule has 0 bridgehead atoms. The summed E-state index contributed by atoms with van der Waals surface area (Å²) in [5.74, 6) is 0.783. The van der Waals surface area contributed by atoms with Gasteiger partial charge in [0.1, 0.15) is 0 Å². The number of aliphatic imine (C=N–C) groups is 1. The molecule has 1 atom stereocenters. The van der Waals surface area contributed by atoms with Crippen LogP contribution in [-0.2, 0) is 16.6 Å². The van der Waals surface area contributed by atoms with Crippen molar-refractivity contribution in [1.29, 1.82) is 0 Å². The summed E-state index contributed by atoms with van der Waals surface area (Å²) in [6.07, 6.45) is 2.91. The van der Waals surface area contributed by atoms with Crippen LogP contribution in [0.3, 0.4) is 0 Å². The highest BCUT2D eigenvalue weighted by molar-refractivity contribution is 7.89. The minimum Gasteiger partial charge on any atom is -0.357 e. The predicted molar refractivity (Wildman–Crippen MR) is 102 cm³/mol. The summed E-state index contributed by atoms with van der Waals surface area (Å²) in [6.45, 7) is 8.84. The lowest BCUT2D eigenvalue weighted by molar-refractivity contribution is 0.477. The lowest BCUT2D eigenvalue weighted by Gasteiger charge is -2.16. The lowest BCUT2D eigenvalue weighted by Crippen LogP contribution is -2.41. The SMILES string of the molecule is CCNC(=NCc1ccc(S(=O)(=O)N2CCCC2)cc1)NC(C)CC. The molecule has 0 saturated carbocycles. The first-order valence-electron chi connectivity index (χ1n) is 9.11. The van der Waals surface area contributed by atoms with Gasteiger partial charge in [0.25, 0.3) is 0 Å². The minimum atomic E-state index is -3.34. The van der Waals surface area contributed by atoms with Crippen LogP contribution >= 0.6 is 0 Å². The number of rotatable bonds is 7. The molecule has 0 spiro atoms. The van der Waals surface area contributed by atoms with E-state index in [-0.39, 0.29) is 0 Å². The zero-order chi connectivity index (χ0) is 18.3. The van der Waals surface area contributed by atoms with E-state index in [1.165, 1.54) is 0 Å². The minimum absolute atomic E-state index is 0.353. The molecule has 1 saturated heterocycles. The number of nitrogens with zero attached hydrogens (tertiary/aromatic N) is 2. The third kappa shape index (κ3) is 5.44. The molecule has 1 fully saturated rings. The summed E-state index contributed by atoms with van der Waals surface area (Å²) >= 11 is 0. The topological polar surface area (TPSA) is 73.8 Å². The zero-order valence-corrected chi connectivity index (χ0v) is 16.3. The molecule has 0 aromatic heterocycles. The van der Waals surface area contributed by atoms with Gasteiger partial charge >= 0.3 is 0 Å². The van der Waals surface area contributed by atoms with Crippen molar-refractivity contribution in [3.05, 3.63) is 29.8 Å². The summed E-state index contributed by atoms with van der Waals surface area (Å²) in [7, 11) is -3.34. The van der Waals surface area contributed by atoms with Crippen molar-refractivity contribution < 1.29 is 8.42 Å². The Morgan fingerprint density at radius 1 is 1.20 bits per heavy atom. The van der Waals surface area contributed by atoms with Crippen molar-refractivity contribution in [2.24, 2.45) is 4.99 Å². The maximum atomic E-state index is 12.5. The first kappa shape index (κ1) is 19.7. The van der Waals surface area contributed by atoms with Gasteiger partial charge in [-0.25, -0.2) is 13.4 Å². The van der Waals surface area contributed by atoms with E-state index in [9.17, 15) is 8.42 Å². The summed E-state index contributed by atoms with van der Waals surface area (Å²) in [4.78, 5) is 4.94. The molecule has 0 amide bonds. The van der Waals surface area contributed by atoms with Crippen LogP contribution in [0.15, 0.2) is 34.2 Å².